The van der Waals surface area contributed by atoms with Crippen LogP contribution in [-0.4, -0.2) is 36.1 Å². The maximum absolute atomic E-state index is 6.28. The number of anilines is 1. The van der Waals surface area contributed by atoms with Crippen molar-refractivity contribution in [3.05, 3.63) is 75.4 Å². The Hall–Kier alpha value is -1.72. The largest absolute Gasteiger partial charge is 0.454 e. The summed E-state index contributed by atoms with van der Waals surface area (Å²) in [7, 11) is 0. The van der Waals surface area contributed by atoms with Crippen molar-refractivity contribution >= 4 is 57.7 Å². The topological polar surface area (TPSA) is 19.6 Å². The maximum atomic E-state index is 6.28. The second kappa shape index (κ2) is 8.34. The van der Waals surface area contributed by atoms with Gasteiger partial charge in [0.25, 0.3) is 0 Å². The predicted molar refractivity (Wildman–Crippen MR) is 121 cm³/mol. The number of hydrogen-bond donors (Lipinski definition) is 0. The van der Waals surface area contributed by atoms with Crippen LogP contribution in [0.25, 0.3) is 11.3 Å². The van der Waals surface area contributed by atoms with Crippen LogP contribution in [-0.2, 0) is 0 Å². The van der Waals surface area contributed by atoms with Crippen LogP contribution in [0.5, 0.6) is 0 Å². The number of hydrogen-bond acceptors (Lipinski definition) is 3. The van der Waals surface area contributed by atoms with Gasteiger partial charge in [0, 0.05) is 47.5 Å². The van der Waals surface area contributed by atoms with E-state index < -0.39 is 0 Å². The van der Waals surface area contributed by atoms with Crippen LogP contribution in [0.3, 0.4) is 0 Å². The van der Waals surface area contributed by atoms with Gasteiger partial charge in [0.05, 0.1) is 5.02 Å². The summed E-state index contributed by atoms with van der Waals surface area (Å²) in [4.78, 5) is 5.19. The van der Waals surface area contributed by atoms with Crippen molar-refractivity contribution < 1.29 is 4.42 Å². The van der Waals surface area contributed by atoms with Crippen molar-refractivity contribution in [1.82, 2.24) is 4.90 Å². The zero-order chi connectivity index (χ0) is 19.7. The molecule has 0 N–H and O–H groups in total. The second-order valence-corrected chi connectivity index (χ2v) is 8.21. The van der Waals surface area contributed by atoms with Crippen LogP contribution in [0.1, 0.15) is 5.76 Å². The standard InChI is InChI=1S/C21H17Cl3N2OS/c22-14-2-1-3-16(12-14)25-8-10-26(11-9-25)21(28)20-7-6-19(27-20)17-5-4-15(23)13-18(17)24/h1-7,12-13H,8-11H2. The molecule has 1 saturated heterocycles. The Morgan fingerprint density at radius 1 is 0.857 bits per heavy atom. The number of furan rings is 1. The van der Waals surface area contributed by atoms with E-state index in [4.69, 9.17) is 51.4 Å². The normalized spacial score (nSPS) is 14.4. The molecular weight excluding hydrogens is 435 g/mol. The zero-order valence-electron chi connectivity index (χ0n) is 14.9. The minimum absolute atomic E-state index is 0.550. The summed E-state index contributed by atoms with van der Waals surface area (Å²) in [5.74, 6) is 1.35. The maximum Gasteiger partial charge on any atom is 0.162 e. The highest BCUT2D eigenvalue weighted by Gasteiger charge is 2.22. The molecule has 2 heterocycles. The molecule has 0 bridgehead atoms. The molecule has 1 aliphatic rings. The fraction of sp³-hybridized carbons (Fsp3) is 0.190. The zero-order valence-corrected chi connectivity index (χ0v) is 18.0. The van der Waals surface area contributed by atoms with Crippen LogP contribution in [0.15, 0.2) is 59.0 Å². The molecule has 4 rings (SSSR count). The summed E-state index contributed by atoms with van der Waals surface area (Å²) in [6.07, 6.45) is 0. The van der Waals surface area contributed by atoms with E-state index in [2.05, 4.69) is 15.9 Å². The Balaban J connectivity index is 1.44. The smallest absolute Gasteiger partial charge is 0.162 e. The highest BCUT2D eigenvalue weighted by atomic mass is 35.5. The van der Waals surface area contributed by atoms with E-state index in [9.17, 15) is 0 Å². The molecule has 28 heavy (non-hydrogen) atoms. The Labute approximate surface area is 184 Å². The molecule has 0 atom stereocenters. The van der Waals surface area contributed by atoms with E-state index in [0.717, 1.165) is 42.5 Å². The first-order valence-electron chi connectivity index (χ1n) is 8.86. The summed E-state index contributed by atoms with van der Waals surface area (Å²) in [6, 6.07) is 17.1. The SMILES string of the molecule is S=C(c1ccc(-c2ccc(Cl)cc2Cl)o1)N1CCN(c2cccc(Cl)c2)CC1. The molecular formula is C21H17Cl3N2OS. The van der Waals surface area contributed by atoms with Crippen LogP contribution < -0.4 is 4.90 Å². The quantitative estimate of drug-likeness (QED) is 0.429. The molecule has 0 aliphatic carbocycles. The monoisotopic (exact) mass is 450 g/mol. The predicted octanol–water partition coefficient (Wildman–Crippen LogP) is 6.40. The van der Waals surface area contributed by atoms with Crippen LogP contribution >= 0.6 is 47.0 Å². The minimum atomic E-state index is 0.550. The van der Waals surface area contributed by atoms with Crippen molar-refractivity contribution in [3.63, 3.8) is 0 Å². The van der Waals surface area contributed by atoms with E-state index in [1.165, 1.54) is 0 Å². The van der Waals surface area contributed by atoms with Gasteiger partial charge in [0.1, 0.15) is 10.7 Å². The first-order valence-corrected chi connectivity index (χ1v) is 10.4. The summed E-state index contributed by atoms with van der Waals surface area (Å²) < 4.78 is 5.99. The van der Waals surface area contributed by atoms with E-state index in [1.54, 1.807) is 12.1 Å². The lowest BCUT2D eigenvalue weighted by Gasteiger charge is -2.37. The van der Waals surface area contributed by atoms with Gasteiger partial charge in [-0.2, -0.15) is 0 Å². The van der Waals surface area contributed by atoms with Gasteiger partial charge in [0.2, 0.25) is 0 Å². The van der Waals surface area contributed by atoms with Crippen molar-refractivity contribution in [2.45, 2.75) is 0 Å². The van der Waals surface area contributed by atoms with E-state index in [0.29, 0.717) is 26.6 Å². The molecule has 0 unspecified atom stereocenters. The lowest BCUT2D eigenvalue weighted by Crippen LogP contribution is -2.48. The molecule has 3 aromatic rings. The third-order valence-corrected chi connectivity index (χ3v) is 6.00. The van der Waals surface area contributed by atoms with Gasteiger partial charge in [-0.25, -0.2) is 0 Å². The van der Waals surface area contributed by atoms with E-state index in [1.807, 2.05) is 36.4 Å². The molecule has 0 spiro atoms. The molecule has 2 aromatic carbocycles. The lowest BCUT2D eigenvalue weighted by molar-refractivity contribution is 0.385. The van der Waals surface area contributed by atoms with Gasteiger partial charge in [0.15, 0.2) is 5.76 Å². The van der Waals surface area contributed by atoms with Gasteiger partial charge in [-0.15, -0.1) is 0 Å². The fourth-order valence-corrected chi connectivity index (χ4v) is 4.26. The van der Waals surface area contributed by atoms with Gasteiger partial charge in [-0.05, 0) is 48.5 Å². The molecule has 0 saturated carbocycles. The highest BCUT2D eigenvalue weighted by molar-refractivity contribution is 7.80. The number of benzene rings is 2. The summed E-state index contributed by atoms with van der Waals surface area (Å²) in [5.41, 5.74) is 1.93. The molecule has 3 nitrogen and oxygen atoms in total. The van der Waals surface area contributed by atoms with Gasteiger partial charge >= 0.3 is 0 Å². The summed E-state index contributed by atoms with van der Waals surface area (Å²) in [5, 5.41) is 1.89. The molecule has 7 heteroatoms. The van der Waals surface area contributed by atoms with E-state index >= 15 is 0 Å². The third kappa shape index (κ3) is 4.15. The Morgan fingerprint density at radius 2 is 1.61 bits per heavy atom. The Kier molecular flexibility index (Phi) is 5.83. The molecule has 1 aromatic heterocycles. The van der Waals surface area contributed by atoms with Crippen LogP contribution in [0, 0.1) is 0 Å². The van der Waals surface area contributed by atoms with Crippen molar-refractivity contribution in [3.8, 4) is 11.3 Å². The Morgan fingerprint density at radius 3 is 2.32 bits per heavy atom. The average Bonchev–Trinajstić information content (AvgIpc) is 3.17. The fourth-order valence-electron chi connectivity index (χ4n) is 3.28. The minimum Gasteiger partial charge on any atom is -0.454 e. The first-order chi connectivity index (χ1) is 13.5. The highest BCUT2D eigenvalue weighted by Crippen LogP contribution is 2.32. The number of nitrogens with zero attached hydrogens (tertiary/aromatic N) is 2. The molecule has 1 aliphatic heterocycles. The van der Waals surface area contributed by atoms with E-state index in [-0.39, 0.29) is 0 Å². The van der Waals surface area contributed by atoms with Crippen molar-refractivity contribution in [1.29, 1.82) is 0 Å². The number of thiocarbonyl (C=S) groups is 1. The summed E-state index contributed by atoms with van der Waals surface area (Å²) in [6.45, 7) is 3.39. The van der Waals surface area contributed by atoms with Crippen molar-refractivity contribution in [2.75, 3.05) is 31.1 Å². The van der Waals surface area contributed by atoms with Gasteiger partial charge in [-0.3, -0.25) is 0 Å². The van der Waals surface area contributed by atoms with Crippen LogP contribution in [0.2, 0.25) is 15.1 Å². The number of piperazine rings is 1. The van der Waals surface area contributed by atoms with Gasteiger partial charge in [-0.1, -0.05) is 53.1 Å². The number of rotatable bonds is 3. The molecule has 0 radical (unpaired) electrons. The Bertz CT molecular complexity index is 1010. The van der Waals surface area contributed by atoms with Crippen molar-refractivity contribution in [2.24, 2.45) is 0 Å². The second-order valence-electron chi connectivity index (χ2n) is 6.55. The summed E-state index contributed by atoms with van der Waals surface area (Å²) >= 11 is 24.0. The van der Waals surface area contributed by atoms with Gasteiger partial charge < -0.3 is 14.2 Å². The average molecular weight is 452 g/mol. The first kappa shape index (κ1) is 19.6. The molecule has 1 fully saturated rings. The molecule has 0 amide bonds. The third-order valence-electron chi connectivity index (χ3n) is 4.75. The number of halogens is 3. The lowest BCUT2D eigenvalue weighted by atomic mass is 10.2. The van der Waals surface area contributed by atoms with Crippen LogP contribution in [0.4, 0.5) is 5.69 Å². The molecule has 144 valence electrons.